The number of hydrogen-bond donors (Lipinski definition) is 1. The fraction of sp³-hybridized carbons (Fsp3) is 0.538. The summed E-state index contributed by atoms with van der Waals surface area (Å²) in [5, 5.41) is 18.0. The average Bonchev–Trinajstić information content (AvgIpc) is 3.57. The van der Waals surface area contributed by atoms with E-state index >= 15 is 0 Å². The van der Waals surface area contributed by atoms with Crippen LogP contribution in [0.4, 0.5) is 0 Å². The molecule has 0 bridgehead atoms. The van der Waals surface area contributed by atoms with Crippen LogP contribution in [0.2, 0.25) is 0 Å². The first-order chi connectivity index (χ1) is 17.9. The number of rotatable bonds is 10. The van der Waals surface area contributed by atoms with Gasteiger partial charge in [-0.05, 0) is 69.6 Å². The molecule has 2 aliphatic carbocycles. The molecule has 0 radical (unpaired) electrons. The Balaban J connectivity index is 1.26. The molecule has 3 aromatic heterocycles. The summed E-state index contributed by atoms with van der Waals surface area (Å²) < 4.78 is 19.2. The predicted octanol–water partition coefficient (Wildman–Crippen LogP) is 3.36. The van der Waals surface area contributed by atoms with Gasteiger partial charge in [-0.25, -0.2) is 14.6 Å². The lowest BCUT2D eigenvalue weighted by atomic mass is 9.92. The van der Waals surface area contributed by atoms with Crippen LogP contribution in [0.25, 0.3) is 11.4 Å². The van der Waals surface area contributed by atoms with Gasteiger partial charge in [-0.3, -0.25) is 4.79 Å². The normalized spacial score (nSPS) is 22.7. The van der Waals surface area contributed by atoms with Gasteiger partial charge in [0, 0.05) is 19.9 Å². The van der Waals surface area contributed by atoms with E-state index in [-0.39, 0.29) is 30.6 Å². The number of hydrogen-bond acceptors (Lipinski definition) is 9. The maximum Gasteiger partial charge on any atom is 0.317 e. The molecule has 11 nitrogen and oxygen atoms in total. The summed E-state index contributed by atoms with van der Waals surface area (Å²) in [6.07, 6.45) is 5.08. The van der Waals surface area contributed by atoms with Crippen molar-refractivity contribution in [3.05, 3.63) is 41.5 Å². The van der Waals surface area contributed by atoms with Gasteiger partial charge < -0.3 is 19.3 Å². The zero-order chi connectivity index (χ0) is 25.9. The third-order valence-corrected chi connectivity index (χ3v) is 7.39. The standard InChI is InChI=1S/C26H32N6O5/c1-4-35-13-17-9-10-27-26(29-17)36-14-22-24(30-31-32(22)3)21-7-8-23(15(2)28-21)37-18-11-16-5-6-19(25(33)34)20(16)12-18/h7-10,16,18-20H,4-6,11-14H2,1-3H3,(H,33,34). The molecular weight excluding hydrogens is 476 g/mol. The third kappa shape index (κ3) is 5.41. The van der Waals surface area contributed by atoms with Crippen molar-refractivity contribution in [2.24, 2.45) is 24.8 Å². The Bertz CT molecular complexity index is 1260. The van der Waals surface area contributed by atoms with Crippen LogP contribution >= 0.6 is 0 Å². The summed E-state index contributed by atoms with van der Waals surface area (Å²) in [4.78, 5) is 24.9. The Labute approximate surface area is 215 Å². The van der Waals surface area contributed by atoms with Crippen LogP contribution in [0.15, 0.2) is 24.4 Å². The second-order valence-corrected chi connectivity index (χ2v) is 9.70. The molecule has 4 unspecified atom stereocenters. The van der Waals surface area contributed by atoms with Gasteiger partial charge in [-0.2, -0.15) is 4.98 Å². The van der Waals surface area contributed by atoms with Gasteiger partial charge in [0.1, 0.15) is 23.7 Å². The van der Waals surface area contributed by atoms with Gasteiger partial charge in [0.2, 0.25) is 0 Å². The van der Waals surface area contributed by atoms with Crippen molar-refractivity contribution in [3.63, 3.8) is 0 Å². The highest BCUT2D eigenvalue weighted by Crippen LogP contribution is 2.48. The molecule has 37 heavy (non-hydrogen) atoms. The lowest BCUT2D eigenvalue weighted by Gasteiger charge is -2.18. The molecule has 3 aromatic rings. The third-order valence-electron chi connectivity index (χ3n) is 7.39. The van der Waals surface area contributed by atoms with Gasteiger partial charge in [-0.15, -0.1) is 5.10 Å². The van der Waals surface area contributed by atoms with E-state index in [2.05, 4.69) is 20.3 Å². The number of aliphatic carboxylic acids is 1. The van der Waals surface area contributed by atoms with Gasteiger partial charge in [0.25, 0.3) is 0 Å². The second kappa shape index (κ2) is 10.8. The van der Waals surface area contributed by atoms with Crippen molar-refractivity contribution >= 4 is 5.97 Å². The van der Waals surface area contributed by atoms with E-state index in [0.29, 0.717) is 36.3 Å². The minimum absolute atomic E-state index is 0.0162. The topological polar surface area (TPSA) is 134 Å². The monoisotopic (exact) mass is 508 g/mol. The van der Waals surface area contributed by atoms with Crippen molar-refractivity contribution in [1.29, 1.82) is 0 Å². The Morgan fingerprint density at radius 1 is 1.16 bits per heavy atom. The lowest BCUT2D eigenvalue weighted by Crippen LogP contribution is -2.21. The van der Waals surface area contributed by atoms with E-state index in [0.717, 1.165) is 42.8 Å². The van der Waals surface area contributed by atoms with Crippen LogP contribution in [0.1, 0.15) is 49.7 Å². The second-order valence-electron chi connectivity index (χ2n) is 9.70. The summed E-state index contributed by atoms with van der Waals surface area (Å²) in [6.45, 7) is 5.01. The molecule has 0 aliphatic heterocycles. The molecule has 2 aliphatic rings. The highest BCUT2D eigenvalue weighted by atomic mass is 16.5. The maximum absolute atomic E-state index is 11.6. The Morgan fingerprint density at radius 3 is 2.81 bits per heavy atom. The number of pyridine rings is 1. The zero-order valence-corrected chi connectivity index (χ0v) is 21.3. The fourth-order valence-electron chi connectivity index (χ4n) is 5.53. The molecule has 0 spiro atoms. The molecule has 4 atom stereocenters. The molecule has 2 saturated carbocycles. The number of ether oxygens (including phenoxy) is 3. The summed E-state index contributed by atoms with van der Waals surface area (Å²) in [5.41, 5.74) is 3.50. The van der Waals surface area contributed by atoms with Gasteiger partial charge >= 0.3 is 12.0 Å². The number of fused-ring (bicyclic) bond motifs is 1. The van der Waals surface area contributed by atoms with E-state index in [1.54, 1.807) is 24.0 Å². The first-order valence-corrected chi connectivity index (χ1v) is 12.7. The van der Waals surface area contributed by atoms with Crippen LogP contribution < -0.4 is 9.47 Å². The molecule has 5 rings (SSSR count). The van der Waals surface area contributed by atoms with Crippen molar-refractivity contribution in [2.75, 3.05) is 6.61 Å². The van der Waals surface area contributed by atoms with Crippen molar-refractivity contribution in [1.82, 2.24) is 29.9 Å². The molecule has 3 heterocycles. The largest absolute Gasteiger partial charge is 0.489 e. The first kappa shape index (κ1) is 25.1. The van der Waals surface area contributed by atoms with Gasteiger partial charge in [0.15, 0.2) is 0 Å². The zero-order valence-electron chi connectivity index (χ0n) is 21.3. The first-order valence-electron chi connectivity index (χ1n) is 12.7. The molecule has 0 saturated heterocycles. The van der Waals surface area contributed by atoms with Crippen LogP contribution in [0.3, 0.4) is 0 Å². The summed E-state index contributed by atoms with van der Waals surface area (Å²) in [7, 11) is 1.80. The van der Waals surface area contributed by atoms with Crippen molar-refractivity contribution in [3.8, 4) is 23.1 Å². The van der Waals surface area contributed by atoms with Crippen LogP contribution in [0.5, 0.6) is 11.8 Å². The maximum atomic E-state index is 11.6. The number of carboxylic acids is 1. The number of carbonyl (C=O) groups is 1. The molecule has 1 N–H and O–H groups in total. The van der Waals surface area contributed by atoms with Gasteiger partial charge in [-0.1, -0.05) is 5.21 Å². The molecule has 2 fully saturated rings. The summed E-state index contributed by atoms with van der Waals surface area (Å²) >= 11 is 0. The quantitative estimate of drug-likeness (QED) is 0.434. The fourth-order valence-corrected chi connectivity index (χ4v) is 5.53. The Kier molecular flexibility index (Phi) is 7.31. The van der Waals surface area contributed by atoms with Crippen molar-refractivity contribution < 1.29 is 24.1 Å². The molecule has 11 heteroatoms. The van der Waals surface area contributed by atoms with Crippen LogP contribution in [-0.2, 0) is 29.8 Å². The summed E-state index contributed by atoms with van der Waals surface area (Å²) in [6, 6.07) is 5.81. The highest BCUT2D eigenvalue weighted by molar-refractivity contribution is 5.71. The smallest absolute Gasteiger partial charge is 0.317 e. The highest BCUT2D eigenvalue weighted by Gasteiger charge is 2.47. The predicted molar refractivity (Wildman–Crippen MR) is 132 cm³/mol. The number of carboxylic acid groups (broad SMARTS) is 1. The minimum Gasteiger partial charge on any atom is -0.489 e. The van der Waals surface area contributed by atoms with Crippen molar-refractivity contribution in [2.45, 2.75) is 58.8 Å². The lowest BCUT2D eigenvalue weighted by molar-refractivity contribution is -0.143. The van der Waals surface area contributed by atoms with E-state index in [1.807, 2.05) is 26.0 Å². The summed E-state index contributed by atoms with van der Waals surface area (Å²) in [5.74, 6) is 0.436. The van der Waals surface area contributed by atoms with E-state index in [1.165, 1.54) is 0 Å². The molecule has 196 valence electrons. The number of aromatic nitrogens is 6. The molecule has 0 amide bonds. The average molecular weight is 509 g/mol. The van der Waals surface area contributed by atoms with Crippen LogP contribution in [-0.4, -0.2) is 53.7 Å². The Hall–Kier alpha value is -3.60. The van der Waals surface area contributed by atoms with Crippen LogP contribution in [0, 0.1) is 24.7 Å². The van der Waals surface area contributed by atoms with E-state index < -0.39 is 5.97 Å². The minimum atomic E-state index is -0.677. The number of nitrogens with zero attached hydrogens (tertiary/aromatic N) is 6. The molecular formula is C26H32N6O5. The van der Waals surface area contributed by atoms with Gasteiger partial charge in [0.05, 0.1) is 35.7 Å². The Morgan fingerprint density at radius 2 is 2.03 bits per heavy atom. The SMILES string of the molecule is CCOCc1ccnc(OCc2c(-c3ccc(OC4CC5CCC(C(=O)O)C5C4)c(C)n3)nnn2C)n1. The van der Waals surface area contributed by atoms with E-state index in [9.17, 15) is 9.90 Å². The van der Waals surface area contributed by atoms with E-state index in [4.69, 9.17) is 19.2 Å². The molecule has 0 aromatic carbocycles. The number of aryl methyl sites for hydroxylation is 2.